The second kappa shape index (κ2) is 7.56. The highest BCUT2D eigenvalue weighted by Crippen LogP contribution is 2.34. The molecule has 0 saturated carbocycles. The number of nitrogens with one attached hydrogen (secondary N) is 1. The van der Waals surface area contributed by atoms with Crippen LogP contribution in [0, 0.1) is 11.2 Å². The number of halogens is 1. The molecule has 3 rings (SSSR count). The van der Waals surface area contributed by atoms with Gasteiger partial charge in [0.15, 0.2) is 11.6 Å². The maximum atomic E-state index is 14.2. The summed E-state index contributed by atoms with van der Waals surface area (Å²) in [5, 5.41) is 2.96. The molecule has 1 N–H and O–H groups in total. The van der Waals surface area contributed by atoms with Crippen LogP contribution in [-0.2, 0) is 4.74 Å². The van der Waals surface area contributed by atoms with Crippen LogP contribution >= 0.6 is 0 Å². The van der Waals surface area contributed by atoms with Crippen molar-refractivity contribution in [1.29, 1.82) is 0 Å². The SMILES string of the molecule is CC(C)NC(=O)N1CCC[C@]2(COCCN(c3ncccc3F)C2)C1. The number of rotatable bonds is 2. The van der Waals surface area contributed by atoms with Crippen LogP contribution in [0.4, 0.5) is 15.0 Å². The molecule has 2 aliphatic heterocycles. The maximum absolute atomic E-state index is 14.2. The number of anilines is 1. The van der Waals surface area contributed by atoms with Gasteiger partial charge in [-0.3, -0.25) is 0 Å². The molecule has 1 spiro atoms. The predicted octanol–water partition coefficient (Wildman–Crippen LogP) is 2.26. The topological polar surface area (TPSA) is 57.7 Å². The van der Waals surface area contributed by atoms with Gasteiger partial charge in [-0.15, -0.1) is 0 Å². The first kappa shape index (κ1) is 17.9. The Balaban J connectivity index is 1.77. The van der Waals surface area contributed by atoms with Crippen LogP contribution in [0.3, 0.4) is 0 Å². The van der Waals surface area contributed by atoms with Gasteiger partial charge in [-0.25, -0.2) is 14.2 Å². The van der Waals surface area contributed by atoms with Crippen molar-refractivity contribution in [2.45, 2.75) is 32.7 Å². The zero-order valence-electron chi connectivity index (χ0n) is 15.0. The van der Waals surface area contributed by atoms with Crippen molar-refractivity contribution in [3.05, 3.63) is 24.1 Å². The van der Waals surface area contributed by atoms with Gasteiger partial charge in [0.1, 0.15) is 0 Å². The fraction of sp³-hybridized carbons (Fsp3) is 0.667. The number of carbonyl (C=O) groups is 1. The standard InChI is InChI=1S/C18H27FN4O2/c1-14(2)21-17(24)23-8-4-6-18(12-23)11-22(9-10-25-13-18)16-15(19)5-3-7-20-16/h3,5,7,14H,4,6,8-13H2,1-2H3,(H,21,24)/t18-/m1/s1. The van der Waals surface area contributed by atoms with Crippen molar-refractivity contribution < 1.29 is 13.9 Å². The van der Waals surface area contributed by atoms with Crippen LogP contribution in [0.1, 0.15) is 26.7 Å². The Morgan fingerprint density at radius 3 is 3.00 bits per heavy atom. The van der Waals surface area contributed by atoms with Gasteiger partial charge in [0.2, 0.25) is 0 Å². The van der Waals surface area contributed by atoms with E-state index in [0.717, 1.165) is 19.4 Å². The normalized spacial score (nSPS) is 24.5. The summed E-state index contributed by atoms with van der Waals surface area (Å²) in [6, 6.07) is 3.11. The summed E-state index contributed by atoms with van der Waals surface area (Å²) in [4.78, 5) is 20.5. The van der Waals surface area contributed by atoms with E-state index in [1.165, 1.54) is 6.07 Å². The number of pyridine rings is 1. The zero-order valence-corrected chi connectivity index (χ0v) is 15.0. The Morgan fingerprint density at radius 2 is 2.24 bits per heavy atom. The number of amides is 2. The van der Waals surface area contributed by atoms with E-state index in [9.17, 15) is 9.18 Å². The van der Waals surface area contributed by atoms with Crippen molar-refractivity contribution >= 4 is 11.8 Å². The fourth-order valence-electron chi connectivity index (χ4n) is 3.75. The van der Waals surface area contributed by atoms with E-state index in [4.69, 9.17) is 4.74 Å². The quantitative estimate of drug-likeness (QED) is 0.889. The molecule has 6 nitrogen and oxygen atoms in total. The van der Waals surface area contributed by atoms with Crippen molar-refractivity contribution in [3.8, 4) is 0 Å². The molecule has 1 atom stereocenters. The summed E-state index contributed by atoms with van der Waals surface area (Å²) < 4.78 is 20.0. The second-order valence-corrected chi connectivity index (χ2v) is 7.41. The number of nitrogens with zero attached hydrogens (tertiary/aromatic N) is 3. The molecule has 25 heavy (non-hydrogen) atoms. The van der Waals surface area contributed by atoms with Crippen molar-refractivity contribution in [2.75, 3.05) is 44.3 Å². The number of hydrogen-bond acceptors (Lipinski definition) is 4. The highest BCUT2D eigenvalue weighted by Gasteiger charge is 2.41. The predicted molar refractivity (Wildman–Crippen MR) is 94.1 cm³/mol. The first-order valence-electron chi connectivity index (χ1n) is 8.98. The third-order valence-corrected chi connectivity index (χ3v) is 4.84. The number of urea groups is 1. The summed E-state index contributed by atoms with van der Waals surface area (Å²) in [7, 11) is 0. The molecule has 7 heteroatoms. The lowest BCUT2D eigenvalue weighted by atomic mass is 9.80. The monoisotopic (exact) mass is 350 g/mol. The highest BCUT2D eigenvalue weighted by molar-refractivity contribution is 5.74. The van der Waals surface area contributed by atoms with Crippen LogP contribution < -0.4 is 10.2 Å². The van der Waals surface area contributed by atoms with E-state index >= 15 is 0 Å². The van der Waals surface area contributed by atoms with Gasteiger partial charge in [-0.1, -0.05) is 0 Å². The molecule has 2 amide bonds. The average molecular weight is 350 g/mol. The Bertz CT molecular complexity index is 612. The summed E-state index contributed by atoms with van der Waals surface area (Å²) in [5.41, 5.74) is -0.187. The van der Waals surface area contributed by atoms with Gasteiger partial charge in [-0.2, -0.15) is 0 Å². The van der Waals surface area contributed by atoms with Gasteiger partial charge < -0.3 is 19.9 Å². The molecule has 0 bridgehead atoms. The van der Waals surface area contributed by atoms with Crippen molar-refractivity contribution in [1.82, 2.24) is 15.2 Å². The van der Waals surface area contributed by atoms with Crippen LogP contribution in [-0.4, -0.2) is 61.3 Å². The van der Waals surface area contributed by atoms with Crippen LogP contribution in [0.2, 0.25) is 0 Å². The Kier molecular flexibility index (Phi) is 5.42. The second-order valence-electron chi connectivity index (χ2n) is 7.41. The third-order valence-electron chi connectivity index (χ3n) is 4.84. The molecule has 2 fully saturated rings. The Hall–Kier alpha value is -1.89. The minimum absolute atomic E-state index is 0.0334. The Morgan fingerprint density at radius 1 is 1.40 bits per heavy atom. The number of ether oxygens (including phenoxy) is 1. The van der Waals surface area contributed by atoms with Gasteiger partial charge in [0, 0.05) is 43.8 Å². The van der Waals surface area contributed by atoms with E-state index in [1.807, 2.05) is 23.6 Å². The van der Waals surface area contributed by atoms with Gasteiger partial charge >= 0.3 is 6.03 Å². The number of piperidine rings is 1. The van der Waals surface area contributed by atoms with E-state index in [1.54, 1.807) is 12.3 Å². The largest absolute Gasteiger partial charge is 0.379 e. The molecule has 0 unspecified atom stereocenters. The molecule has 2 aliphatic rings. The molecule has 0 radical (unpaired) electrons. The molecule has 1 aromatic rings. The minimum Gasteiger partial charge on any atom is -0.379 e. The molecular formula is C18H27FN4O2. The fourth-order valence-corrected chi connectivity index (χ4v) is 3.75. The van der Waals surface area contributed by atoms with Crippen LogP contribution in [0.5, 0.6) is 0 Å². The molecule has 2 saturated heterocycles. The van der Waals surface area contributed by atoms with Gasteiger partial charge in [0.25, 0.3) is 0 Å². The summed E-state index contributed by atoms with van der Waals surface area (Å²) in [5.74, 6) is 0.0564. The maximum Gasteiger partial charge on any atom is 0.317 e. The first-order chi connectivity index (χ1) is 12.0. The molecule has 1 aromatic heterocycles. The van der Waals surface area contributed by atoms with Crippen LogP contribution in [0.15, 0.2) is 18.3 Å². The first-order valence-corrected chi connectivity index (χ1v) is 8.98. The third kappa shape index (κ3) is 4.21. The van der Waals surface area contributed by atoms with Gasteiger partial charge in [-0.05, 0) is 38.8 Å². The summed E-state index contributed by atoms with van der Waals surface area (Å²) in [6.45, 7) is 7.66. The van der Waals surface area contributed by atoms with Crippen LogP contribution in [0.25, 0.3) is 0 Å². The van der Waals surface area contributed by atoms with Gasteiger partial charge in [0.05, 0.1) is 13.2 Å². The van der Waals surface area contributed by atoms with E-state index in [-0.39, 0.29) is 23.3 Å². The molecule has 0 aromatic carbocycles. The lowest BCUT2D eigenvalue weighted by Crippen LogP contribution is -2.55. The number of aromatic nitrogens is 1. The van der Waals surface area contributed by atoms with Crippen molar-refractivity contribution in [3.63, 3.8) is 0 Å². The van der Waals surface area contributed by atoms with E-state index < -0.39 is 0 Å². The average Bonchev–Trinajstić information content (AvgIpc) is 2.77. The number of likely N-dealkylation sites (tertiary alicyclic amines) is 1. The smallest absolute Gasteiger partial charge is 0.317 e. The Labute approximate surface area is 148 Å². The molecule has 138 valence electrons. The van der Waals surface area contributed by atoms with E-state index in [0.29, 0.717) is 38.7 Å². The minimum atomic E-state index is -0.315. The molecular weight excluding hydrogens is 323 g/mol. The molecule has 3 heterocycles. The number of hydrogen-bond donors (Lipinski definition) is 1. The molecule has 0 aliphatic carbocycles. The lowest BCUT2D eigenvalue weighted by Gasteiger charge is -2.43. The summed E-state index contributed by atoms with van der Waals surface area (Å²) in [6.07, 6.45) is 3.50. The van der Waals surface area contributed by atoms with Crippen molar-refractivity contribution in [2.24, 2.45) is 5.41 Å². The highest BCUT2D eigenvalue weighted by atomic mass is 19.1. The lowest BCUT2D eigenvalue weighted by molar-refractivity contribution is 0.0241. The summed E-state index contributed by atoms with van der Waals surface area (Å²) >= 11 is 0. The zero-order chi connectivity index (χ0) is 17.9. The van der Waals surface area contributed by atoms with E-state index in [2.05, 4.69) is 10.3 Å². The number of carbonyl (C=O) groups excluding carboxylic acids is 1.